The Labute approximate surface area is 120 Å². The van der Waals surface area contributed by atoms with E-state index in [4.69, 9.17) is 4.74 Å². The molecule has 0 aliphatic heterocycles. The lowest BCUT2D eigenvalue weighted by Gasteiger charge is -2.28. The minimum Gasteiger partial charge on any atom is -0.378 e. The first-order chi connectivity index (χ1) is 9.01. The average molecular weight is 269 g/mol. The van der Waals surface area contributed by atoms with Crippen LogP contribution in [0.1, 0.15) is 79.1 Å². The van der Waals surface area contributed by atoms with Gasteiger partial charge >= 0.3 is 0 Å². The number of unbranched alkanes of at least 4 members (excludes halogenated alkanes) is 2. The lowest BCUT2D eigenvalue weighted by Crippen LogP contribution is -2.36. The third-order valence-corrected chi connectivity index (χ3v) is 4.14. The van der Waals surface area contributed by atoms with Gasteiger partial charge in [-0.3, -0.25) is 0 Å². The van der Waals surface area contributed by atoms with Gasteiger partial charge in [0.05, 0.1) is 6.10 Å². The van der Waals surface area contributed by atoms with Crippen LogP contribution in [0.15, 0.2) is 0 Å². The van der Waals surface area contributed by atoms with E-state index in [1.54, 1.807) is 0 Å². The highest BCUT2D eigenvalue weighted by molar-refractivity contribution is 4.72. The normalized spacial score (nSPS) is 24.6. The molecule has 1 N–H and O–H groups in total. The first-order valence-corrected chi connectivity index (χ1v) is 8.38. The molecule has 0 aromatic rings. The molecular formula is C17H35NO. The zero-order valence-electron chi connectivity index (χ0n) is 13.6. The molecule has 1 fully saturated rings. The van der Waals surface area contributed by atoms with Crippen molar-refractivity contribution >= 4 is 0 Å². The van der Waals surface area contributed by atoms with Crippen molar-refractivity contribution in [1.82, 2.24) is 5.32 Å². The van der Waals surface area contributed by atoms with Crippen LogP contribution in [0.4, 0.5) is 0 Å². The molecular weight excluding hydrogens is 234 g/mol. The zero-order valence-corrected chi connectivity index (χ0v) is 13.6. The lowest BCUT2D eigenvalue weighted by molar-refractivity contribution is 0.0107. The van der Waals surface area contributed by atoms with Gasteiger partial charge in [0.2, 0.25) is 0 Å². The van der Waals surface area contributed by atoms with E-state index in [0.717, 1.165) is 19.1 Å². The summed E-state index contributed by atoms with van der Waals surface area (Å²) < 4.78 is 6.04. The topological polar surface area (TPSA) is 21.3 Å². The number of hydrogen-bond acceptors (Lipinski definition) is 2. The van der Waals surface area contributed by atoms with Crippen LogP contribution in [-0.4, -0.2) is 24.8 Å². The van der Waals surface area contributed by atoms with Crippen molar-refractivity contribution in [3.05, 3.63) is 0 Å². The Balaban J connectivity index is 1.93. The quantitative estimate of drug-likeness (QED) is 0.654. The van der Waals surface area contributed by atoms with Crippen molar-refractivity contribution in [2.45, 2.75) is 90.7 Å². The standard InChI is InChI=1S/C17H35NO/c1-5-15-10-9-11-16(14-15)19-13-8-6-7-12-18-17(2,3)4/h15-16,18H,5-14H2,1-4H3. The largest absolute Gasteiger partial charge is 0.378 e. The van der Waals surface area contributed by atoms with Crippen LogP contribution in [0.3, 0.4) is 0 Å². The molecule has 1 aliphatic carbocycles. The molecule has 2 nitrogen and oxygen atoms in total. The average Bonchev–Trinajstić information content (AvgIpc) is 2.36. The van der Waals surface area contributed by atoms with Gasteiger partial charge in [0, 0.05) is 12.1 Å². The fourth-order valence-electron chi connectivity index (χ4n) is 2.88. The zero-order chi connectivity index (χ0) is 14.1. The Bertz CT molecular complexity index is 222. The third kappa shape index (κ3) is 8.65. The van der Waals surface area contributed by atoms with Gasteiger partial charge in [-0.1, -0.05) is 26.2 Å². The summed E-state index contributed by atoms with van der Waals surface area (Å²) in [6, 6.07) is 0. The van der Waals surface area contributed by atoms with E-state index in [1.807, 2.05) is 0 Å². The lowest BCUT2D eigenvalue weighted by atomic mass is 9.85. The van der Waals surface area contributed by atoms with Gasteiger partial charge in [-0.05, 0) is 65.3 Å². The summed E-state index contributed by atoms with van der Waals surface area (Å²) in [6.45, 7) is 11.1. The Morgan fingerprint density at radius 3 is 2.58 bits per heavy atom. The van der Waals surface area contributed by atoms with Crippen LogP contribution in [0.2, 0.25) is 0 Å². The maximum absolute atomic E-state index is 6.04. The molecule has 2 heteroatoms. The van der Waals surface area contributed by atoms with E-state index in [1.165, 1.54) is 51.4 Å². The number of hydrogen-bond donors (Lipinski definition) is 1. The molecule has 2 atom stereocenters. The molecule has 2 unspecified atom stereocenters. The molecule has 0 heterocycles. The Morgan fingerprint density at radius 1 is 1.11 bits per heavy atom. The summed E-state index contributed by atoms with van der Waals surface area (Å²) in [4.78, 5) is 0. The molecule has 0 saturated heterocycles. The van der Waals surface area contributed by atoms with Gasteiger partial charge in [-0.15, -0.1) is 0 Å². The summed E-state index contributed by atoms with van der Waals surface area (Å²) in [5, 5.41) is 3.53. The third-order valence-electron chi connectivity index (χ3n) is 4.14. The summed E-state index contributed by atoms with van der Waals surface area (Å²) in [7, 11) is 0. The second-order valence-corrected chi connectivity index (χ2v) is 7.17. The molecule has 1 aliphatic rings. The second-order valence-electron chi connectivity index (χ2n) is 7.17. The summed E-state index contributed by atoms with van der Waals surface area (Å²) in [5.41, 5.74) is 0.258. The highest BCUT2D eigenvalue weighted by Gasteiger charge is 2.20. The van der Waals surface area contributed by atoms with E-state index < -0.39 is 0 Å². The minimum atomic E-state index is 0.258. The van der Waals surface area contributed by atoms with Crippen molar-refractivity contribution in [3.8, 4) is 0 Å². The van der Waals surface area contributed by atoms with Gasteiger partial charge in [0.15, 0.2) is 0 Å². The van der Waals surface area contributed by atoms with E-state index >= 15 is 0 Å². The summed E-state index contributed by atoms with van der Waals surface area (Å²) >= 11 is 0. The number of nitrogens with one attached hydrogen (secondary N) is 1. The van der Waals surface area contributed by atoms with E-state index in [-0.39, 0.29) is 5.54 Å². The predicted molar refractivity (Wildman–Crippen MR) is 83.6 cm³/mol. The fraction of sp³-hybridized carbons (Fsp3) is 1.00. The van der Waals surface area contributed by atoms with Crippen molar-refractivity contribution in [3.63, 3.8) is 0 Å². The van der Waals surface area contributed by atoms with Crippen molar-refractivity contribution in [1.29, 1.82) is 0 Å². The Hall–Kier alpha value is -0.0800. The van der Waals surface area contributed by atoms with Gasteiger partial charge < -0.3 is 10.1 Å². The molecule has 19 heavy (non-hydrogen) atoms. The monoisotopic (exact) mass is 269 g/mol. The van der Waals surface area contributed by atoms with E-state index in [9.17, 15) is 0 Å². The molecule has 0 spiro atoms. The summed E-state index contributed by atoms with van der Waals surface area (Å²) in [5.74, 6) is 0.926. The molecule has 1 saturated carbocycles. The molecule has 0 bridgehead atoms. The maximum Gasteiger partial charge on any atom is 0.0577 e. The van der Waals surface area contributed by atoms with Crippen LogP contribution >= 0.6 is 0 Å². The highest BCUT2D eigenvalue weighted by Crippen LogP contribution is 2.28. The second kappa shape index (κ2) is 8.97. The van der Waals surface area contributed by atoms with Crippen LogP contribution in [-0.2, 0) is 4.74 Å². The highest BCUT2D eigenvalue weighted by atomic mass is 16.5. The van der Waals surface area contributed by atoms with Crippen LogP contribution < -0.4 is 5.32 Å². The molecule has 114 valence electrons. The first-order valence-electron chi connectivity index (χ1n) is 8.38. The van der Waals surface area contributed by atoms with E-state index in [2.05, 4.69) is 33.0 Å². The number of rotatable bonds is 8. The predicted octanol–water partition coefficient (Wildman–Crippen LogP) is 4.53. The molecule has 0 aromatic heterocycles. The van der Waals surface area contributed by atoms with Crippen molar-refractivity contribution in [2.75, 3.05) is 13.2 Å². The SMILES string of the molecule is CCC1CCCC(OCCCCCNC(C)(C)C)C1. The molecule has 0 radical (unpaired) electrons. The number of ether oxygens (including phenoxy) is 1. The van der Waals surface area contributed by atoms with Gasteiger partial charge in [-0.2, -0.15) is 0 Å². The van der Waals surface area contributed by atoms with Crippen LogP contribution in [0.25, 0.3) is 0 Å². The first kappa shape index (κ1) is 17.0. The Morgan fingerprint density at radius 2 is 1.89 bits per heavy atom. The van der Waals surface area contributed by atoms with Crippen LogP contribution in [0, 0.1) is 5.92 Å². The van der Waals surface area contributed by atoms with Gasteiger partial charge in [0.1, 0.15) is 0 Å². The molecule has 0 amide bonds. The fourth-order valence-corrected chi connectivity index (χ4v) is 2.88. The summed E-state index contributed by atoms with van der Waals surface area (Å²) in [6.07, 6.45) is 11.1. The van der Waals surface area contributed by atoms with E-state index in [0.29, 0.717) is 6.10 Å². The van der Waals surface area contributed by atoms with Crippen molar-refractivity contribution in [2.24, 2.45) is 5.92 Å². The van der Waals surface area contributed by atoms with Crippen molar-refractivity contribution < 1.29 is 4.74 Å². The van der Waals surface area contributed by atoms with Crippen LogP contribution in [0.5, 0.6) is 0 Å². The molecule has 1 rings (SSSR count). The van der Waals surface area contributed by atoms with Gasteiger partial charge in [0.25, 0.3) is 0 Å². The smallest absolute Gasteiger partial charge is 0.0577 e. The maximum atomic E-state index is 6.04. The van der Waals surface area contributed by atoms with Gasteiger partial charge in [-0.25, -0.2) is 0 Å². The Kier molecular flexibility index (Phi) is 8.01. The molecule has 0 aromatic carbocycles. The minimum absolute atomic E-state index is 0.258.